The van der Waals surface area contributed by atoms with Crippen molar-refractivity contribution < 1.29 is 4.57 Å². The molecule has 0 bridgehead atoms. The molecule has 0 saturated heterocycles. The summed E-state index contributed by atoms with van der Waals surface area (Å²) in [6.07, 6.45) is 10.8. The van der Waals surface area contributed by atoms with E-state index in [0.717, 1.165) is 24.2 Å². The summed E-state index contributed by atoms with van der Waals surface area (Å²) >= 11 is 0. The monoisotopic (exact) mass is 433 g/mol. The second kappa shape index (κ2) is 7.88. The van der Waals surface area contributed by atoms with Crippen molar-refractivity contribution in [2.75, 3.05) is 4.90 Å². The maximum absolute atomic E-state index is 4.62. The Morgan fingerprint density at radius 3 is 2.36 bits per heavy atom. The molecule has 33 heavy (non-hydrogen) atoms. The molecule has 1 fully saturated rings. The molecule has 2 aromatic carbocycles. The first-order valence-corrected chi connectivity index (χ1v) is 12.1. The van der Waals surface area contributed by atoms with Gasteiger partial charge in [-0.05, 0) is 62.2 Å². The maximum atomic E-state index is 4.62. The Morgan fingerprint density at radius 2 is 1.70 bits per heavy atom. The van der Waals surface area contributed by atoms with E-state index in [1.165, 1.54) is 28.1 Å². The minimum atomic E-state index is -0.00852. The van der Waals surface area contributed by atoms with Crippen LogP contribution in [0.15, 0.2) is 109 Å². The highest BCUT2D eigenvalue weighted by Crippen LogP contribution is 2.71. The van der Waals surface area contributed by atoms with Crippen molar-refractivity contribution in [1.29, 1.82) is 0 Å². The molecular formula is C31H33N2+. The quantitative estimate of drug-likeness (QED) is 0.221. The van der Waals surface area contributed by atoms with Crippen molar-refractivity contribution in [2.45, 2.75) is 51.5 Å². The molecule has 166 valence electrons. The van der Waals surface area contributed by atoms with Gasteiger partial charge < -0.3 is 4.90 Å². The van der Waals surface area contributed by atoms with E-state index in [-0.39, 0.29) is 11.0 Å². The van der Waals surface area contributed by atoms with Gasteiger partial charge in [-0.1, -0.05) is 56.8 Å². The molecule has 1 aliphatic heterocycles. The molecule has 2 heterocycles. The summed E-state index contributed by atoms with van der Waals surface area (Å²) in [4.78, 5) is 2.34. The number of rotatable bonds is 6. The van der Waals surface area contributed by atoms with Crippen molar-refractivity contribution in [3.8, 4) is 11.3 Å². The van der Waals surface area contributed by atoms with E-state index in [2.05, 4.69) is 135 Å². The van der Waals surface area contributed by atoms with Crippen molar-refractivity contribution in [3.63, 3.8) is 0 Å². The van der Waals surface area contributed by atoms with E-state index >= 15 is 0 Å². The van der Waals surface area contributed by atoms with E-state index in [0.29, 0.717) is 0 Å². The average Bonchev–Trinajstić information content (AvgIpc) is 3.44. The number of aromatic nitrogens is 1. The number of hydrogen-bond acceptors (Lipinski definition) is 1. The second-order valence-electron chi connectivity index (χ2n) is 9.02. The zero-order valence-corrected chi connectivity index (χ0v) is 20.2. The number of pyridine rings is 1. The number of anilines is 2. The molecule has 2 unspecified atom stereocenters. The van der Waals surface area contributed by atoms with Crippen molar-refractivity contribution in [2.24, 2.45) is 0 Å². The standard InChI is InChI=1S/C31H33N2/c1-6-15-24(7-2)33(25-16-11-10-12-17-25)26-19-20-28-27(22-26)29-18-13-14-21-32(29)31(9-4)23(5)30(28,31)8-3/h6-7,10-22H,5,8-9H2,1-4H3/q+1. The van der Waals surface area contributed by atoms with Gasteiger partial charge in [-0.3, -0.25) is 0 Å². The third kappa shape index (κ3) is 2.70. The number of hydrogen-bond donors (Lipinski definition) is 0. The summed E-state index contributed by atoms with van der Waals surface area (Å²) < 4.78 is 2.50. The Bertz CT molecular complexity index is 1280. The van der Waals surface area contributed by atoms with Crippen LogP contribution in [0.2, 0.25) is 0 Å². The maximum Gasteiger partial charge on any atom is 0.213 e. The number of para-hydroxylation sites is 1. The normalized spacial score (nSPS) is 23.2. The summed E-state index contributed by atoms with van der Waals surface area (Å²) in [7, 11) is 0. The molecule has 0 N–H and O–H groups in total. The molecular weight excluding hydrogens is 400 g/mol. The van der Waals surface area contributed by atoms with Crippen LogP contribution in [0.4, 0.5) is 11.4 Å². The van der Waals surface area contributed by atoms with Crippen LogP contribution in [0.1, 0.15) is 46.1 Å². The molecule has 1 aromatic heterocycles. The zero-order chi connectivity index (χ0) is 23.2. The van der Waals surface area contributed by atoms with Crippen molar-refractivity contribution in [3.05, 3.63) is 115 Å². The number of benzene rings is 2. The van der Waals surface area contributed by atoms with E-state index in [1.54, 1.807) is 0 Å². The molecule has 2 heteroatoms. The predicted octanol–water partition coefficient (Wildman–Crippen LogP) is 7.60. The molecule has 0 radical (unpaired) electrons. The third-order valence-electron chi connectivity index (χ3n) is 7.87. The van der Waals surface area contributed by atoms with Crippen molar-refractivity contribution in [1.82, 2.24) is 0 Å². The molecule has 2 atom stereocenters. The van der Waals surface area contributed by atoms with E-state index in [9.17, 15) is 0 Å². The van der Waals surface area contributed by atoms with Gasteiger partial charge in [0.05, 0.1) is 11.0 Å². The highest BCUT2D eigenvalue weighted by molar-refractivity contribution is 5.80. The summed E-state index contributed by atoms with van der Waals surface area (Å²) in [5, 5.41) is 0. The number of fused-ring (bicyclic) bond motifs is 6. The highest BCUT2D eigenvalue weighted by atomic mass is 15.2. The van der Waals surface area contributed by atoms with Crippen LogP contribution < -0.4 is 9.47 Å². The van der Waals surface area contributed by atoms with Crippen LogP contribution in [0.3, 0.4) is 0 Å². The van der Waals surface area contributed by atoms with Gasteiger partial charge in [-0.2, -0.15) is 4.57 Å². The Morgan fingerprint density at radius 1 is 0.939 bits per heavy atom. The van der Waals surface area contributed by atoms with E-state index in [1.807, 2.05) is 0 Å². The molecule has 2 aliphatic rings. The highest BCUT2D eigenvalue weighted by Gasteiger charge is 2.80. The SMILES string of the molecule is C=C1C2(CC)c3ccc(N(C(C=CC)=CC)c4ccccc4)cc3-c3cccc[n+]3C12CC. The summed E-state index contributed by atoms with van der Waals surface area (Å²) in [6.45, 7) is 13.4. The average molecular weight is 434 g/mol. The fraction of sp³-hybridized carbons (Fsp3) is 0.258. The first kappa shape index (κ1) is 21.5. The Hall–Kier alpha value is -3.39. The van der Waals surface area contributed by atoms with Gasteiger partial charge in [0, 0.05) is 41.2 Å². The minimum Gasteiger partial charge on any atom is -0.311 e. The third-order valence-corrected chi connectivity index (χ3v) is 7.87. The van der Waals surface area contributed by atoms with Gasteiger partial charge in [0.15, 0.2) is 6.20 Å². The lowest BCUT2D eigenvalue weighted by Gasteiger charge is -2.31. The molecule has 5 rings (SSSR count). The summed E-state index contributed by atoms with van der Waals surface area (Å²) in [5.41, 5.74) is 8.86. The first-order valence-electron chi connectivity index (χ1n) is 12.1. The molecule has 0 amide bonds. The van der Waals surface area contributed by atoms with Crippen molar-refractivity contribution >= 4 is 11.4 Å². The molecule has 1 aliphatic carbocycles. The van der Waals surface area contributed by atoms with Crippen LogP contribution in [0.5, 0.6) is 0 Å². The smallest absolute Gasteiger partial charge is 0.213 e. The molecule has 1 saturated carbocycles. The summed E-state index contributed by atoms with van der Waals surface area (Å²) in [6, 6.07) is 24.2. The molecule has 2 nitrogen and oxygen atoms in total. The van der Waals surface area contributed by atoms with Crippen LogP contribution in [0.25, 0.3) is 11.3 Å². The lowest BCUT2D eigenvalue weighted by atomic mass is 9.79. The van der Waals surface area contributed by atoms with E-state index < -0.39 is 0 Å². The Balaban J connectivity index is 1.76. The molecule has 0 spiro atoms. The lowest BCUT2D eigenvalue weighted by Crippen LogP contribution is -2.54. The predicted molar refractivity (Wildman–Crippen MR) is 139 cm³/mol. The Kier molecular flexibility index (Phi) is 5.12. The van der Waals surface area contributed by atoms with Crippen LogP contribution in [-0.4, -0.2) is 0 Å². The topological polar surface area (TPSA) is 7.12 Å². The fourth-order valence-corrected chi connectivity index (χ4v) is 6.44. The van der Waals surface area contributed by atoms with Gasteiger partial charge >= 0.3 is 0 Å². The first-order chi connectivity index (χ1) is 16.1. The van der Waals surface area contributed by atoms with Gasteiger partial charge in [0.2, 0.25) is 11.2 Å². The largest absolute Gasteiger partial charge is 0.311 e. The van der Waals surface area contributed by atoms with Crippen LogP contribution in [-0.2, 0) is 11.0 Å². The second-order valence-corrected chi connectivity index (χ2v) is 9.02. The van der Waals surface area contributed by atoms with Crippen LogP contribution >= 0.6 is 0 Å². The number of allylic oxidation sites excluding steroid dienone is 4. The minimum absolute atomic E-state index is 0.00852. The number of nitrogens with zero attached hydrogens (tertiary/aromatic N) is 2. The fourth-order valence-electron chi connectivity index (χ4n) is 6.44. The van der Waals surface area contributed by atoms with Gasteiger partial charge in [-0.25, -0.2) is 0 Å². The van der Waals surface area contributed by atoms with Gasteiger partial charge in [0.1, 0.15) is 0 Å². The van der Waals surface area contributed by atoms with Gasteiger partial charge in [0.25, 0.3) is 0 Å². The van der Waals surface area contributed by atoms with Gasteiger partial charge in [-0.15, -0.1) is 0 Å². The summed E-state index contributed by atoms with van der Waals surface area (Å²) in [5.74, 6) is 0. The van der Waals surface area contributed by atoms with E-state index in [4.69, 9.17) is 0 Å². The lowest BCUT2D eigenvalue weighted by molar-refractivity contribution is -0.731. The molecule has 3 aromatic rings. The van der Waals surface area contributed by atoms with Crippen LogP contribution in [0, 0.1) is 0 Å². The Labute approximate surface area is 198 Å². The zero-order valence-electron chi connectivity index (χ0n) is 20.2.